The number of nitrogens with one attached hydrogen (secondary N) is 1. The SMILES string of the molecule is CN(C)C1CCN(CC2NCC3CCCC32)CC1. The Morgan fingerprint density at radius 1 is 1.11 bits per heavy atom. The summed E-state index contributed by atoms with van der Waals surface area (Å²) in [7, 11) is 4.45. The molecule has 1 N–H and O–H groups in total. The van der Waals surface area contributed by atoms with Crippen molar-refractivity contribution in [2.45, 2.75) is 44.2 Å². The molecule has 3 aliphatic rings. The minimum Gasteiger partial charge on any atom is -0.312 e. The van der Waals surface area contributed by atoms with Crippen LogP contribution in [-0.4, -0.2) is 62.2 Å². The van der Waals surface area contributed by atoms with Gasteiger partial charge in [-0.15, -0.1) is 0 Å². The fraction of sp³-hybridized carbons (Fsp3) is 1.00. The van der Waals surface area contributed by atoms with Crippen LogP contribution < -0.4 is 5.32 Å². The van der Waals surface area contributed by atoms with Gasteiger partial charge in [-0.05, 0) is 71.2 Å². The third-order valence-corrected chi connectivity index (χ3v) is 5.62. The number of nitrogens with zero attached hydrogens (tertiary/aromatic N) is 2. The quantitative estimate of drug-likeness (QED) is 0.818. The first-order chi connectivity index (χ1) is 8.74. The van der Waals surface area contributed by atoms with E-state index in [1.165, 1.54) is 58.3 Å². The van der Waals surface area contributed by atoms with Crippen molar-refractivity contribution in [1.29, 1.82) is 0 Å². The van der Waals surface area contributed by atoms with Crippen LogP contribution >= 0.6 is 0 Å². The second kappa shape index (κ2) is 5.48. The van der Waals surface area contributed by atoms with Gasteiger partial charge in [0.2, 0.25) is 0 Å². The van der Waals surface area contributed by atoms with Gasteiger partial charge in [0.1, 0.15) is 0 Å². The Morgan fingerprint density at radius 3 is 2.61 bits per heavy atom. The molecule has 3 nitrogen and oxygen atoms in total. The number of fused-ring (bicyclic) bond motifs is 1. The zero-order chi connectivity index (χ0) is 12.5. The van der Waals surface area contributed by atoms with Gasteiger partial charge in [-0.3, -0.25) is 0 Å². The molecule has 18 heavy (non-hydrogen) atoms. The molecule has 2 saturated heterocycles. The Hall–Kier alpha value is -0.120. The summed E-state index contributed by atoms with van der Waals surface area (Å²) in [5.74, 6) is 2.01. The van der Waals surface area contributed by atoms with Gasteiger partial charge in [0.25, 0.3) is 0 Å². The summed E-state index contributed by atoms with van der Waals surface area (Å²) in [5.41, 5.74) is 0. The largest absolute Gasteiger partial charge is 0.312 e. The standard InChI is InChI=1S/C15H29N3/c1-17(2)13-6-8-18(9-7-13)11-15-14-5-3-4-12(14)10-16-15/h12-16H,3-11H2,1-2H3. The summed E-state index contributed by atoms with van der Waals surface area (Å²) in [4.78, 5) is 5.11. The molecule has 104 valence electrons. The molecule has 3 fully saturated rings. The maximum absolute atomic E-state index is 3.79. The predicted octanol–water partition coefficient (Wildman–Crippen LogP) is 1.40. The van der Waals surface area contributed by atoms with Crippen molar-refractivity contribution in [2.75, 3.05) is 40.3 Å². The normalized spacial score (nSPS) is 38.5. The summed E-state index contributed by atoms with van der Waals surface area (Å²) in [6.07, 6.45) is 7.16. The van der Waals surface area contributed by atoms with E-state index in [0.29, 0.717) is 0 Å². The highest BCUT2D eigenvalue weighted by Crippen LogP contribution is 2.38. The molecule has 0 bridgehead atoms. The fourth-order valence-corrected chi connectivity index (χ4v) is 4.40. The number of hydrogen-bond acceptors (Lipinski definition) is 3. The van der Waals surface area contributed by atoms with E-state index in [0.717, 1.165) is 23.9 Å². The highest BCUT2D eigenvalue weighted by atomic mass is 15.2. The smallest absolute Gasteiger partial charge is 0.0226 e. The van der Waals surface area contributed by atoms with E-state index in [4.69, 9.17) is 0 Å². The minimum absolute atomic E-state index is 0.799. The van der Waals surface area contributed by atoms with Crippen LogP contribution in [0.1, 0.15) is 32.1 Å². The molecule has 0 aromatic carbocycles. The minimum atomic E-state index is 0.799. The van der Waals surface area contributed by atoms with E-state index in [1.54, 1.807) is 0 Å². The van der Waals surface area contributed by atoms with E-state index in [2.05, 4.69) is 29.2 Å². The molecule has 3 atom stereocenters. The number of piperidine rings is 1. The van der Waals surface area contributed by atoms with Gasteiger partial charge in [0, 0.05) is 18.6 Å². The van der Waals surface area contributed by atoms with Gasteiger partial charge < -0.3 is 15.1 Å². The number of likely N-dealkylation sites (tertiary alicyclic amines) is 1. The van der Waals surface area contributed by atoms with Gasteiger partial charge in [-0.25, -0.2) is 0 Å². The number of rotatable bonds is 3. The molecule has 0 spiro atoms. The van der Waals surface area contributed by atoms with Crippen molar-refractivity contribution in [1.82, 2.24) is 15.1 Å². The lowest BCUT2D eigenvalue weighted by molar-refractivity contribution is 0.131. The van der Waals surface area contributed by atoms with Crippen molar-refractivity contribution < 1.29 is 0 Å². The van der Waals surface area contributed by atoms with Gasteiger partial charge in [0.15, 0.2) is 0 Å². The van der Waals surface area contributed by atoms with E-state index in [9.17, 15) is 0 Å². The van der Waals surface area contributed by atoms with E-state index >= 15 is 0 Å². The van der Waals surface area contributed by atoms with Crippen LogP contribution in [-0.2, 0) is 0 Å². The third-order valence-electron chi connectivity index (χ3n) is 5.62. The molecule has 3 rings (SSSR count). The van der Waals surface area contributed by atoms with Crippen molar-refractivity contribution in [3.05, 3.63) is 0 Å². The zero-order valence-corrected chi connectivity index (χ0v) is 12.1. The first kappa shape index (κ1) is 12.9. The molecule has 1 saturated carbocycles. The lowest BCUT2D eigenvalue weighted by Gasteiger charge is -2.37. The van der Waals surface area contributed by atoms with Crippen LogP contribution in [0.15, 0.2) is 0 Å². The monoisotopic (exact) mass is 251 g/mol. The van der Waals surface area contributed by atoms with Crippen LogP contribution in [0.4, 0.5) is 0 Å². The van der Waals surface area contributed by atoms with Crippen molar-refractivity contribution in [3.8, 4) is 0 Å². The molecule has 2 aliphatic heterocycles. The first-order valence-electron chi connectivity index (χ1n) is 7.86. The lowest BCUT2D eigenvalue weighted by Crippen LogP contribution is -2.47. The van der Waals surface area contributed by atoms with Crippen LogP contribution in [0, 0.1) is 11.8 Å². The average Bonchev–Trinajstić information content (AvgIpc) is 2.95. The molecule has 0 aromatic heterocycles. The Bertz CT molecular complexity index is 271. The van der Waals surface area contributed by atoms with Crippen LogP contribution in [0.3, 0.4) is 0 Å². The molecule has 0 radical (unpaired) electrons. The molecule has 3 heteroatoms. The molecule has 1 aliphatic carbocycles. The molecular formula is C15H29N3. The molecule has 0 amide bonds. The summed E-state index contributed by atoms with van der Waals surface area (Å²) in [5, 5.41) is 3.79. The Morgan fingerprint density at radius 2 is 1.89 bits per heavy atom. The Balaban J connectivity index is 1.47. The molecule has 2 heterocycles. The Labute approximate surface area is 112 Å². The summed E-state index contributed by atoms with van der Waals surface area (Å²) < 4.78 is 0. The number of hydrogen-bond donors (Lipinski definition) is 1. The Kier molecular flexibility index (Phi) is 3.92. The average molecular weight is 251 g/mol. The topological polar surface area (TPSA) is 18.5 Å². The maximum atomic E-state index is 3.79. The van der Waals surface area contributed by atoms with Crippen molar-refractivity contribution >= 4 is 0 Å². The summed E-state index contributed by atoms with van der Waals surface area (Å²) in [6.45, 7) is 5.21. The van der Waals surface area contributed by atoms with Crippen molar-refractivity contribution in [2.24, 2.45) is 11.8 Å². The van der Waals surface area contributed by atoms with Gasteiger partial charge in [-0.2, -0.15) is 0 Å². The lowest BCUT2D eigenvalue weighted by atomic mass is 9.93. The molecular weight excluding hydrogens is 222 g/mol. The predicted molar refractivity (Wildman–Crippen MR) is 75.8 cm³/mol. The summed E-state index contributed by atoms with van der Waals surface area (Å²) >= 11 is 0. The van der Waals surface area contributed by atoms with Crippen molar-refractivity contribution in [3.63, 3.8) is 0 Å². The zero-order valence-electron chi connectivity index (χ0n) is 12.1. The second-order valence-electron chi connectivity index (χ2n) is 6.86. The summed E-state index contributed by atoms with van der Waals surface area (Å²) in [6, 6.07) is 1.62. The molecule has 0 aromatic rings. The third kappa shape index (κ3) is 2.59. The second-order valence-corrected chi connectivity index (χ2v) is 6.86. The molecule has 3 unspecified atom stereocenters. The van der Waals surface area contributed by atoms with Crippen LogP contribution in [0.5, 0.6) is 0 Å². The van der Waals surface area contributed by atoms with Crippen LogP contribution in [0.25, 0.3) is 0 Å². The van der Waals surface area contributed by atoms with Gasteiger partial charge in [-0.1, -0.05) is 6.42 Å². The highest BCUT2D eigenvalue weighted by Gasteiger charge is 2.39. The van der Waals surface area contributed by atoms with E-state index in [-0.39, 0.29) is 0 Å². The fourth-order valence-electron chi connectivity index (χ4n) is 4.40. The highest BCUT2D eigenvalue weighted by molar-refractivity contribution is 4.96. The van der Waals surface area contributed by atoms with Crippen LogP contribution in [0.2, 0.25) is 0 Å². The van der Waals surface area contributed by atoms with Gasteiger partial charge >= 0.3 is 0 Å². The first-order valence-corrected chi connectivity index (χ1v) is 7.86. The van der Waals surface area contributed by atoms with E-state index in [1.807, 2.05) is 0 Å². The maximum Gasteiger partial charge on any atom is 0.0226 e. The van der Waals surface area contributed by atoms with Gasteiger partial charge in [0.05, 0.1) is 0 Å². The van der Waals surface area contributed by atoms with E-state index < -0.39 is 0 Å².